The lowest BCUT2D eigenvalue weighted by Gasteiger charge is -2.03. The third kappa shape index (κ3) is 2.15. The fraction of sp³-hybridized carbons (Fsp3) is 0.250. The SMILES string of the molecule is CCOC(=O)C1=CC2=CC(N)=CC#CC2S1. The first kappa shape index (κ1) is 10.9. The molecule has 0 saturated carbocycles. The normalized spacial score (nSPS) is 21.8. The summed E-state index contributed by atoms with van der Waals surface area (Å²) in [5.74, 6) is 5.61. The van der Waals surface area contributed by atoms with Crippen molar-refractivity contribution < 1.29 is 9.53 Å². The standard InChI is InChI=1S/C12H11NO2S/c1-2-15-12(14)11-7-8-6-9(13)4-3-5-10(8)16-11/h4,6-7,10H,2,13H2,1H3. The van der Waals surface area contributed by atoms with Gasteiger partial charge in [0.1, 0.15) is 0 Å². The molecule has 0 spiro atoms. The van der Waals surface area contributed by atoms with E-state index in [9.17, 15) is 4.79 Å². The number of nitrogens with two attached hydrogens (primary N) is 1. The number of allylic oxidation sites excluding steroid dienone is 3. The fourth-order valence-electron chi connectivity index (χ4n) is 1.43. The summed E-state index contributed by atoms with van der Waals surface area (Å²) in [7, 11) is 0. The van der Waals surface area contributed by atoms with Crippen molar-refractivity contribution in [3.63, 3.8) is 0 Å². The minimum atomic E-state index is -0.286. The highest BCUT2D eigenvalue weighted by Crippen LogP contribution is 2.37. The Kier molecular flexibility index (Phi) is 3.07. The summed E-state index contributed by atoms with van der Waals surface area (Å²) in [6.45, 7) is 2.17. The minimum Gasteiger partial charge on any atom is -0.462 e. The Bertz CT molecular complexity index is 477. The van der Waals surface area contributed by atoms with Crippen LogP contribution in [0, 0.1) is 11.8 Å². The molecule has 0 bridgehead atoms. The summed E-state index contributed by atoms with van der Waals surface area (Å²) in [6.07, 6.45) is 5.30. The maximum Gasteiger partial charge on any atom is 0.344 e. The monoisotopic (exact) mass is 233 g/mol. The first-order valence-electron chi connectivity index (χ1n) is 4.94. The molecule has 0 amide bonds. The lowest BCUT2D eigenvalue weighted by molar-refractivity contribution is -0.137. The number of rotatable bonds is 2. The zero-order valence-electron chi connectivity index (χ0n) is 8.82. The van der Waals surface area contributed by atoms with Crippen molar-refractivity contribution in [3.05, 3.63) is 34.4 Å². The first-order valence-corrected chi connectivity index (χ1v) is 5.82. The van der Waals surface area contributed by atoms with E-state index in [1.807, 2.05) is 6.08 Å². The molecule has 1 unspecified atom stereocenters. The van der Waals surface area contributed by atoms with Crippen LogP contribution >= 0.6 is 11.8 Å². The summed E-state index contributed by atoms with van der Waals surface area (Å²) < 4.78 is 4.94. The van der Waals surface area contributed by atoms with Crippen molar-refractivity contribution in [3.8, 4) is 11.8 Å². The predicted molar refractivity (Wildman–Crippen MR) is 64.2 cm³/mol. The van der Waals surface area contributed by atoms with E-state index in [1.165, 1.54) is 11.8 Å². The second kappa shape index (κ2) is 4.50. The van der Waals surface area contributed by atoms with Gasteiger partial charge in [0.15, 0.2) is 0 Å². The Labute approximate surface area is 98.4 Å². The van der Waals surface area contributed by atoms with Gasteiger partial charge in [0.25, 0.3) is 0 Å². The van der Waals surface area contributed by atoms with Crippen molar-refractivity contribution in [1.29, 1.82) is 0 Å². The number of ether oxygens (including phenoxy) is 1. The van der Waals surface area contributed by atoms with E-state index in [2.05, 4.69) is 11.8 Å². The van der Waals surface area contributed by atoms with Gasteiger partial charge in [-0.15, -0.1) is 0 Å². The Morgan fingerprint density at radius 2 is 2.44 bits per heavy atom. The van der Waals surface area contributed by atoms with Gasteiger partial charge in [0.2, 0.25) is 0 Å². The van der Waals surface area contributed by atoms with Crippen LogP contribution < -0.4 is 5.73 Å². The van der Waals surface area contributed by atoms with E-state index in [4.69, 9.17) is 10.5 Å². The molecular weight excluding hydrogens is 222 g/mol. The molecule has 2 N–H and O–H groups in total. The van der Waals surface area contributed by atoms with Crippen LogP contribution in [-0.2, 0) is 9.53 Å². The number of hydrogen-bond donors (Lipinski definition) is 1. The van der Waals surface area contributed by atoms with Crippen LogP contribution in [0.5, 0.6) is 0 Å². The molecule has 0 aromatic heterocycles. The quantitative estimate of drug-likeness (QED) is 0.577. The van der Waals surface area contributed by atoms with Crippen molar-refractivity contribution >= 4 is 17.7 Å². The van der Waals surface area contributed by atoms with Gasteiger partial charge in [-0.25, -0.2) is 4.79 Å². The van der Waals surface area contributed by atoms with Crippen LogP contribution in [0.3, 0.4) is 0 Å². The summed E-state index contributed by atoms with van der Waals surface area (Å²) in [6, 6.07) is 0. The van der Waals surface area contributed by atoms with Crippen LogP contribution in [0.1, 0.15) is 6.92 Å². The summed E-state index contributed by atoms with van der Waals surface area (Å²) >= 11 is 1.41. The molecule has 0 aromatic carbocycles. The van der Waals surface area contributed by atoms with Crippen molar-refractivity contribution in [1.82, 2.24) is 0 Å². The van der Waals surface area contributed by atoms with Gasteiger partial charge in [0, 0.05) is 11.8 Å². The lowest BCUT2D eigenvalue weighted by atomic mass is 10.1. The lowest BCUT2D eigenvalue weighted by Crippen LogP contribution is -2.04. The maximum atomic E-state index is 11.5. The zero-order valence-corrected chi connectivity index (χ0v) is 9.64. The zero-order chi connectivity index (χ0) is 11.5. The molecule has 0 aromatic rings. The largest absolute Gasteiger partial charge is 0.462 e. The molecule has 82 valence electrons. The molecule has 1 aliphatic heterocycles. The molecule has 3 nitrogen and oxygen atoms in total. The van der Waals surface area contributed by atoms with E-state index < -0.39 is 0 Å². The van der Waals surface area contributed by atoms with Gasteiger partial charge in [-0.05, 0) is 24.6 Å². The van der Waals surface area contributed by atoms with Gasteiger partial charge in [-0.1, -0.05) is 23.6 Å². The topological polar surface area (TPSA) is 52.3 Å². The van der Waals surface area contributed by atoms with Crippen molar-refractivity contribution in [2.75, 3.05) is 6.61 Å². The third-order valence-corrected chi connectivity index (χ3v) is 3.27. The molecule has 16 heavy (non-hydrogen) atoms. The number of carbonyl (C=O) groups excluding carboxylic acids is 1. The van der Waals surface area contributed by atoms with Gasteiger partial charge < -0.3 is 10.5 Å². The van der Waals surface area contributed by atoms with E-state index in [0.717, 1.165) is 5.57 Å². The van der Waals surface area contributed by atoms with Crippen LogP contribution in [0.2, 0.25) is 0 Å². The third-order valence-electron chi connectivity index (χ3n) is 2.11. The number of fused-ring (bicyclic) bond motifs is 1. The van der Waals surface area contributed by atoms with Crippen molar-refractivity contribution in [2.45, 2.75) is 12.2 Å². The molecule has 0 fully saturated rings. The molecule has 0 saturated heterocycles. The Hall–Kier alpha value is -1.60. The van der Waals surface area contributed by atoms with Gasteiger partial charge in [-0.3, -0.25) is 0 Å². The van der Waals surface area contributed by atoms with E-state index in [0.29, 0.717) is 17.2 Å². The Morgan fingerprint density at radius 3 is 3.19 bits per heavy atom. The van der Waals surface area contributed by atoms with Gasteiger partial charge >= 0.3 is 5.97 Å². The number of esters is 1. The number of carbonyl (C=O) groups is 1. The average Bonchev–Trinajstić information content (AvgIpc) is 2.54. The maximum absolute atomic E-state index is 11.5. The van der Waals surface area contributed by atoms with Crippen LogP contribution in [0.15, 0.2) is 34.4 Å². The van der Waals surface area contributed by atoms with E-state index >= 15 is 0 Å². The smallest absolute Gasteiger partial charge is 0.344 e. The highest BCUT2D eigenvalue weighted by atomic mass is 32.2. The van der Waals surface area contributed by atoms with Gasteiger partial charge in [0.05, 0.1) is 16.8 Å². The van der Waals surface area contributed by atoms with Crippen LogP contribution in [-0.4, -0.2) is 17.8 Å². The molecule has 0 radical (unpaired) electrons. The highest BCUT2D eigenvalue weighted by Gasteiger charge is 2.26. The van der Waals surface area contributed by atoms with Gasteiger partial charge in [-0.2, -0.15) is 0 Å². The van der Waals surface area contributed by atoms with Crippen LogP contribution in [0.4, 0.5) is 0 Å². The molecule has 2 rings (SSSR count). The van der Waals surface area contributed by atoms with Crippen molar-refractivity contribution in [2.24, 2.45) is 5.73 Å². The highest BCUT2D eigenvalue weighted by molar-refractivity contribution is 8.05. The Morgan fingerprint density at radius 1 is 1.62 bits per heavy atom. The molecule has 1 atom stereocenters. The van der Waals surface area contributed by atoms with Crippen LogP contribution in [0.25, 0.3) is 0 Å². The van der Waals surface area contributed by atoms with E-state index in [1.54, 1.807) is 19.1 Å². The second-order valence-corrected chi connectivity index (χ2v) is 4.45. The Balaban J connectivity index is 2.23. The molecule has 1 aliphatic carbocycles. The minimum absolute atomic E-state index is 0.00305. The number of hydrogen-bond acceptors (Lipinski definition) is 4. The number of thioether (sulfide) groups is 1. The summed E-state index contributed by atoms with van der Waals surface area (Å²) in [5.41, 5.74) is 7.28. The first-order chi connectivity index (χ1) is 7.70. The average molecular weight is 233 g/mol. The molecule has 2 aliphatic rings. The molecular formula is C12H11NO2S. The summed E-state index contributed by atoms with van der Waals surface area (Å²) in [5, 5.41) is -0.00305. The predicted octanol–water partition coefficient (Wildman–Crippen LogP) is 1.33. The van der Waals surface area contributed by atoms with E-state index in [-0.39, 0.29) is 11.2 Å². The summed E-state index contributed by atoms with van der Waals surface area (Å²) in [4.78, 5) is 12.1. The molecule has 1 heterocycles. The second-order valence-electron chi connectivity index (χ2n) is 3.30. The molecule has 4 heteroatoms. The fourth-order valence-corrected chi connectivity index (χ4v) is 2.44.